The van der Waals surface area contributed by atoms with Gasteiger partial charge in [-0.3, -0.25) is 0 Å². The second kappa shape index (κ2) is 7.95. The van der Waals surface area contributed by atoms with Crippen molar-refractivity contribution in [1.82, 2.24) is 14.9 Å². The molecule has 1 atom stereocenters. The number of nitrogens with zero attached hydrogens (tertiary/aromatic N) is 4. The van der Waals surface area contributed by atoms with Crippen LogP contribution < -0.4 is 0 Å². The molecule has 9 heteroatoms. The molecule has 21 heavy (non-hydrogen) atoms. The Kier molecular flexibility index (Phi) is 6.89. The maximum Gasteiger partial charge on any atom is 0.351 e. The Bertz CT molecular complexity index is 626. The summed E-state index contributed by atoms with van der Waals surface area (Å²) < 4.78 is 16.3. The summed E-state index contributed by atoms with van der Waals surface area (Å²) in [7, 11) is -2.72. The average molecular weight is 351 g/mol. The van der Waals surface area contributed by atoms with Gasteiger partial charge in [0.25, 0.3) is 0 Å². The van der Waals surface area contributed by atoms with E-state index in [1.165, 1.54) is 22.9 Å². The minimum atomic E-state index is -2.72. The van der Waals surface area contributed by atoms with Crippen molar-refractivity contribution in [1.29, 1.82) is 0 Å². The lowest BCUT2D eigenvalue weighted by molar-refractivity contribution is 0.214. The van der Waals surface area contributed by atoms with Crippen molar-refractivity contribution in [2.75, 3.05) is 25.6 Å². The first kappa shape index (κ1) is 18.2. The molecule has 0 N–H and O–H groups in total. The van der Waals surface area contributed by atoms with Gasteiger partial charge in [0.05, 0.1) is 21.2 Å². The lowest BCUT2D eigenvalue weighted by Gasteiger charge is -2.15. The molecule has 0 bridgehead atoms. The molecule has 0 aliphatic carbocycles. The van der Waals surface area contributed by atoms with Crippen LogP contribution in [0.3, 0.4) is 0 Å². The molecule has 1 heterocycles. The number of urea groups is 1. The van der Waals surface area contributed by atoms with E-state index in [-0.39, 0.29) is 10.9 Å². The summed E-state index contributed by atoms with van der Waals surface area (Å²) in [4.78, 5) is 21.7. The zero-order valence-corrected chi connectivity index (χ0v) is 14.9. The molecule has 0 fully saturated rings. The highest BCUT2D eigenvalue weighted by Gasteiger charge is 2.14. The van der Waals surface area contributed by atoms with Gasteiger partial charge in [-0.15, -0.1) is 4.36 Å². The van der Waals surface area contributed by atoms with Gasteiger partial charge >= 0.3 is 6.03 Å². The molecular weight excluding hydrogens is 332 g/mol. The fraction of sp³-hybridized carbons (Fsp3) is 0.583. The molecule has 118 valence electrons. The topological polar surface area (TPSA) is 75.5 Å². The number of rotatable bonds is 5. The molecule has 0 saturated heterocycles. The van der Waals surface area contributed by atoms with Crippen molar-refractivity contribution in [3.63, 3.8) is 0 Å². The summed E-state index contributed by atoms with van der Waals surface area (Å²) in [5.74, 6) is 0.0653. The minimum Gasteiger partial charge on any atom is -0.323 e. The Morgan fingerprint density at radius 1 is 1.43 bits per heavy atom. The second-order valence-corrected chi connectivity index (χ2v) is 7.87. The van der Waals surface area contributed by atoms with Gasteiger partial charge in [-0.2, -0.15) is 0 Å². The molecule has 6 nitrogen and oxygen atoms in total. The molecule has 0 aliphatic rings. The van der Waals surface area contributed by atoms with Crippen LogP contribution in [0.15, 0.2) is 15.6 Å². The van der Waals surface area contributed by atoms with Gasteiger partial charge < -0.3 is 4.90 Å². The number of halogens is 1. The molecular formula is C12H19ClN4O2S2. The molecule has 0 saturated carbocycles. The van der Waals surface area contributed by atoms with Gasteiger partial charge in [-0.25, -0.2) is 19.0 Å². The van der Waals surface area contributed by atoms with Crippen LogP contribution in [0.2, 0.25) is 5.15 Å². The molecule has 1 unspecified atom stereocenters. The SMILES string of the molecule is CCN(CC)C(=O)N=S(C)(=O)Cc1cc(Cl)nc(SC)n1. The van der Waals surface area contributed by atoms with E-state index >= 15 is 0 Å². The third kappa shape index (κ3) is 5.80. The van der Waals surface area contributed by atoms with E-state index < -0.39 is 15.8 Å². The van der Waals surface area contributed by atoms with Crippen LogP contribution in [-0.4, -0.2) is 50.7 Å². The molecule has 1 rings (SSSR count). The van der Waals surface area contributed by atoms with Gasteiger partial charge in [-0.1, -0.05) is 23.4 Å². The molecule has 1 aromatic rings. The summed E-state index contributed by atoms with van der Waals surface area (Å²) in [6, 6.07) is 1.08. The Morgan fingerprint density at radius 2 is 2.05 bits per heavy atom. The zero-order chi connectivity index (χ0) is 16.0. The molecule has 1 aromatic heterocycles. The molecule has 0 radical (unpaired) electrons. The van der Waals surface area contributed by atoms with E-state index in [2.05, 4.69) is 14.3 Å². The van der Waals surface area contributed by atoms with Crippen molar-refractivity contribution >= 4 is 39.1 Å². The highest BCUT2D eigenvalue weighted by Crippen LogP contribution is 2.16. The minimum absolute atomic E-state index is 0.0653. The largest absolute Gasteiger partial charge is 0.351 e. The number of hydrogen-bond donors (Lipinski definition) is 0. The summed E-state index contributed by atoms with van der Waals surface area (Å²) >= 11 is 7.24. The Hall–Kier alpha value is -0.860. The maximum absolute atomic E-state index is 12.5. The third-order valence-corrected chi connectivity index (χ3v) is 4.75. The number of aromatic nitrogens is 2. The van der Waals surface area contributed by atoms with Gasteiger partial charge in [0.1, 0.15) is 5.15 Å². The molecule has 0 aromatic carbocycles. The highest BCUT2D eigenvalue weighted by molar-refractivity contribution is 7.98. The first-order chi connectivity index (χ1) is 9.81. The van der Waals surface area contributed by atoms with Crippen LogP contribution in [0.4, 0.5) is 4.79 Å². The van der Waals surface area contributed by atoms with Crippen molar-refractivity contribution in [3.05, 3.63) is 16.9 Å². The molecule has 2 amide bonds. The van der Waals surface area contributed by atoms with E-state index in [1.54, 1.807) is 6.07 Å². The van der Waals surface area contributed by atoms with Crippen molar-refractivity contribution in [2.45, 2.75) is 24.8 Å². The van der Waals surface area contributed by atoms with E-state index in [9.17, 15) is 9.00 Å². The van der Waals surface area contributed by atoms with Crippen LogP contribution in [0, 0.1) is 0 Å². The van der Waals surface area contributed by atoms with E-state index in [4.69, 9.17) is 11.6 Å². The smallest absolute Gasteiger partial charge is 0.323 e. The standard InChI is InChI=1S/C12H19ClN4O2S2/c1-5-17(6-2)12(18)16-21(4,19)8-9-7-10(13)15-11(14-9)20-3/h7H,5-6,8H2,1-4H3. The Morgan fingerprint density at radius 3 is 2.57 bits per heavy atom. The first-order valence-electron chi connectivity index (χ1n) is 6.37. The van der Waals surface area contributed by atoms with Gasteiger partial charge in [0, 0.05) is 19.3 Å². The van der Waals surface area contributed by atoms with Gasteiger partial charge in [-0.05, 0) is 26.2 Å². The fourth-order valence-corrected chi connectivity index (χ4v) is 3.49. The van der Waals surface area contributed by atoms with Crippen LogP contribution in [0.1, 0.15) is 19.5 Å². The maximum atomic E-state index is 12.5. The van der Waals surface area contributed by atoms with Crippen LogP contribution in [-0.2, 0) is 15.5 Å². The lowest BCUT2D eigenvalue weighted by atomic mass is 10.5. The number of thioether (sulfide) groups is 1. The number of carbonyl (C=O) groups excluding carboxylic acids is 1. The number of hydrogen-bond acceptors (Lipinski definition) is 5. The van der Waals surface area contributed by atoms with E-state index in [0.717, 1.165) is 0 Å². The highest BCUT2D eigenvalue weighted by atomic mass is 35.5. The Labute approximate surface area is 134 Å². The summed E-state index contributed by atoms with van der Waals surface area (Å²) in [5.41, 5.74) is 0.517. The summed E-state index contributed by atoms with van der Waals surface area (Å²) in [6.07, 6.45) is 3.27. The first-order valence-corrected chi connectivity index (χ1v) is 10.1. The van der Waals surface area contributed by atoms with Crippen molar-refractivity contribution in [3.8, 4) is 0 Å². The monoisotopic (exact) mass is 350 g/mol. The van der Waals surface area contributed by atoms with Crippen molar-refractivity contribution < 1.29 is 9.00 Å². The third-order valence-electron chi connectivity index (χ3n) is 2.63. The van der Waals surface area contributed by atoms with Crippen LogP contribution in [0.5, 0.6) is 0 Å². The van der Waals surface area contributed by atoms with Crippen LogP contribution >= 0.6 is 23.4 Å². The lowest BCUT2D eigenvalue weighted by Crippen LogP contribution is -2.28. The average Bonchev–Trinajstić information content (AvgIpc) is 2.37. The van der Waals surface area contributed by atoms with E-state index in [0.29, 0.717) is 23.9 Å². The fourth-order valence-electron chi connectivity index (χ4n) is 1.63. The molecule has 0 spiro atoms. The normalized spacial score (nSPS) is 13.6. The second-order valence-electron chi connectivity index (χ2n) is 4.32. The predicted octanol–water partition coefficient (Wildman–Crippen LogP) is 2.91. The van der Waals surface area contributed by atoms with E-state index in [1.807, 2.05) is 20.1 Å². The Balaban J connectivity index is 3.02. The van der Waals surface area contributed by atoms with Gasteiger partial charge in [0.15, 0.2) is 5.16 Å². The molecule has 0 aliphatic heterocycles. The number of amides is 2. The van der Waals surface area contributed by atoms with Crippen LogP contribution in [0.25, 0.3) is 0 Å². The summed E-state index contributed by atoms with van der Waals surface area (Å²) in [5, 5.41) is 0.789. The summed E-state index contributed by atoms with van der Waals surface area (Å²) in [6.45, 7) is 4.77. The van der Waals surface area contributed by atoms with Gasteiger partial charge in [0.2, 0.25) is 0 Å². The zero-order valence-electron chi connectivity index (χ0n) is 12.5. The van der Waals surface area contributed by atoms with Crippen molar-refractivity contribution in [2.24, 2.45) is 4.36 Å². The predicted molar refractivity (Wildman–Crippen MR) is 87.3 cm³/mol. The number of carbonyl (C=O) groups is 1. The quantitative estimate of drug-likeness (QED) is 0.463.